The monoisotopic (exact) mass is 663 g/mol. The lowest BCUT2D eigenvalue weighted by Gasteiger charge is -2.23. The van der Waals surface area contributed by atoms with E-state index in [1.807, 2.05) is 6.92 Å². The number of rotatable bonds is 14. The number of amides is 1. The molecule has 12 heteroatoms. The molecule has 1 aliphatic heterocycles. The first kappa shape index (κ1) is 33.0. The summed E-state index contributed by atoms with van der Waals surface area (Å²) in [5.41, 5.74) is 1.67. The Morgan fingerprint density at radius 3 is 2.43 bits per heavy atom. The number of ether oxygens (including phenoxy) is 3. The van der Waals surface area contributed by atoms with E-state index in [0.29, 0.717) is 51.7 Å². The van der Waals surface area contributed by atoms with Crippen molar-refractivity contribution in [2.75, 3.05) is 25.2 Å². The van der Waals surface area contributed by atoms with Crippen LogP contribution < -0.4 is 19.1 Å². The maximum atomic E-state index is 13.7. The first-order valence-electron chi connectivity index (χ1n) is 14.9. The minimum absolute atomic E-state index is 0.0926. The van der Waals surface area contributed by atoms with Crippen molar-refractivity contribution in [2.24, 2.45) is 0 Å². The third kappa shape index (κ3) is 7.34. The Balaban J connectivity index is 1.54. The average molecular weight is 664 g/mol. The van der Waals surface area contributed by atoms with Gasteiger partial charge >= 0.3 is 5.91 Å². The van der Waals surface area contributed by atoms with Crippen LogP contribution in [0.25, 0.3) is 5.76 Å². The molecule has 9 nitrogen and oxygen atoms in total. The van der Waals surface area contributed by atoms with Crippen LogP contribution in [0.4, 0.5) is 9.52 Å². The highest BCUT2D eigenvalue weighted by atomic mass is 32.2. The Kier molecular flexibility index (Phi) is 10.9. The first-order chi connectivity index (χ1) is 22.3. The molecule has 240 valence electrons. The Labute approximate surface area is 275 Å². The van der Waals surface area contributed by atoms with Crippen LogP contribution in [0.3, 0.4) is 0 Å². The number of thioether (sulfide) groups is 1. The predicted molar refractivity (Wildman–Crippen MR) is 176 cm³/mol. The van der Waals surface area contributed by atoms with Gasteiger partial charge in [-0.05, 0) is 73.0 Å². The molecule has 1 aromatic heterocycles. The van der Waals surface area contributed by atoms with Gasteiger partial charge in [-0.15, -0.1) is 10.2 Å². The van der Waals surface area contributed by atoms with Crippen molar-refractivity contribution in [1.82, 2.24) is 10.2 Å². The molecule has 3 aromatic carbocycles. The highest BCUT2D eigenvalue weighted by molar-refractivity contribution is 8.00. The highest BCUT2D eigenvalue weighted by Crippen LogP contribution is 2.45. The molecule has 1 aliphatic rings. The van der Waals surface area contributed by atoms with Crippen LogP contribution in [-0.4, -0.2) is 47.3 Å². The van der Waals surface area contributed by atoms with Crippen LogP contribution in [0.2, 0.25) is 0 Å². The van der Waals surface area contributed by atoms with Gasteiger partial charge in [0.2, 0.25) is 5.13 Å². The van der Waals surface area contributed by atoms with Crippen LogP contribution in [0, 0.1) is 5.82 Å². The number of ketones is 1. The smallest absolute Gasteiger partial charge is 0.301 e. The van der Waals surface area contributed by atoms with Crippen LogP contribution in [0.1, 0.15) is 55.8 Å². The van der Waals surface area contributed by atoms with Crippen LogP contribution >= 0.6 is 23.1 Å². The second-order valence-electron chi connectivity index (χ2n) is 10.4. The van der Waals surface area contributed by atoms with E-state index in [9.17, 15) is 19.1 Å². The molecule has 2 heterocycles. The molecule has 0 aliphatic carbocycles. The third-order valence-corrected chi connectivity index (χ3v) is 9.40. The standard InChI is InChI=1S/C34H34FN3O6S2/c1-4-6-7-18-44-26-17-12-23(19-27(26)43-5-2)29-28(30(39)22-10-15-25(42-3)16-11-22)31(40)32(41)38(29)33-36-37-34(46-33)45-20-21-8-13-24(35)14-9-21/h8-17,19,29,39H,4-7,18,20H2,1-3H3/b30-28+. The molecule has 1 amide bonds. The number of nitrogens with zero attached hydrogens (tertiary/aromatic N) is 3. The number of unbranched alkanes of at least 4 members (excludes halogenated alkanes) is 2. The summed E-state index contributed by atoms with van der Waals surface area (Å²) in [6, 6.07) is 16.9. The van der Waals surface area contributed by atoms with Crippen molar-refractivity contribution < 1.29 is 33.3 Å². The fraction of sp³-hybridized carbons (Fsp3) is 0.294. The third-order valence-electron chi connectivity index (χ3n) is 7.27. The summed E-state index contributed by atoms with van der Waals surface area (Å²) >= 11 is 2.52. The van der Waals surface area contributed by atoms with Crippen LogP contribution in [0.15, 0.2) is 76.6 Å². The first-order valence-corrected chi connectivity index (χ1v) is 16.7. The minimum atomic E-state index is -1.03. The summed E-state index contributed by atoms with van der Waals surface area (Å²) in [5.74, 6) is -0.266. The Bertz CT molecular complexity index is 1710. The number of aliphatic hydroxyl groups excluding tert-OH is 1. The quantitative estimate of drug-likeness (QED) is 0.0365. The van der Waals surface area contributed by atoms with Crippen molar-refractivity contribution in [2.45, 2.75) is 49.2 Å². The number of hydrogen-bond donors (Lipinski definition) is 1. The number of halogens is 1. The van der Waals surface area contributed by atoms with E-state index in [2.05, 4.69) is 17.1 Å². The van der Waals surface area contributed by atoms with Gasteiger partial charge in [-0.2, -0.15) is 0 Å². The van der Waals surface area contributed by atoms with Crippen molar-refractivity contribution in [1.29, 1.82) is 0 Å². The van der Waals surface area contributed by atoms with E-state index in [1.54, 1.807) is 54.6 Å². The van der Waals surface area contributed by atoms with Crippen molar-refractivity contribution in [3.05, 3.63) is 94.8 Å². The number of Topliss-reactive ketones (excluding diaryl/α,β-unsaturated/α-hetero) is 1. The van der Waals surface area contributed by atoms with Crippen molar-refractivity contribution in [3.8, 4) is 17.2 Å². The number of benzene rings is 3. The lowest BCUT2D eigenvalue weighted by Crippen LogP contribution is -2.29. The molecule has 5 rings (SSSR count). The average Bonchev–Trinajstić information content (AvgIpc) is 3.64. The van der Waals surface area contributed by atoms with E-state index < -0.39 is 17.7 Å². The second kappa shape index (κ2) is 15.2. The van der Waals surface area contributed by atoms with Gasteiger partial charge in [0.1, 0.15) is 17.3 Å². The van der Waals surface area contributed by atoms with E-state index in [0.717, 1.165) is 36.2 Å². The van der Waals surface area contributed by atoms with Gasteiger partial charge in [0.05, 0.1) is 31.9 Å². The molecular formula is C34H34FN3O6S2. The predicted octanol–water partition coefficient (Wildman–Crippen LogP) is 7.57. The number of carbonyl (C=O) groups is 2. The lowest BCUT2D eigenvalue weighted by molar-refractivity contribution is -0.132. The topological polar surface area (TPSA) is 111 Å². The summed E-state index contributed by atoms with van der Waals surface area (Å²) in [4.78, 5) is 28.6. The molecule has 0 spiro atoms. The highest BCUT2D eigenvalue weighted by Gasteiger charge is 2.48. The maximum Gasteiger partial charge on any atom is 0.301 e. The molecule has 46 heavy (non-hydrogen) atoms. The number of aromatic nitrogens is 2. The molecule has 1 N–H and O–H groups in total. The van der Waals surface area contributed by atoms with Gasteiger partial charge < -0.3 is 19.3 Å². The Morgan fingerprint density at radius 2 is 1.74 bits per heavy atom. The molecular weight excluding hydrogens is 630 g/mol. The molecule has 1 atom stereocenters. The van der Waals surface area contributed by atoms with Gasteiger partial charge in [-0.1, -0.05) is 61.1 Å². The van der Waals surface area contributed by atoms with Crippen LogP contribution in [-0.2, 0) is 15.3 Å². The summed E-state index contributed by atoms with van der Waals surface area (Å²) in [7, 11) is 1.53. The maximum absolute atomic E-state index is 13.7. The molecule has 0 radical (unpaired) electrons. The number of methoxy groups -OCH3 is 1. The lowest BCUT2D eigenvalue weighted by atomic mass is 9.95. The van der Waals surface area contributed by atoms with E-state index in [-0.39, 0.29) is 22.3 Å². The normalized spacial score (nSPS) is 15.7. The van der Waals surface area contributed by atoms with E-state index in [4.69, 9.17) is 14.2 Å². The SMILES string of the molecule is CCCCCOc1ccc(C2/C(=C(\O)c3ccc(OC)cc3)C(=O)C(=O)N2c2nnc(SCc3ccc(F)cc3)s2)cc1OCC. The Morgan fingerprint density at radius 1 is 0.978 bits per heavy atom. The van der Waals surface area contributed by atoms with Gasteiger partial charge in [-0.3, -0.25) is 14.5 Å². The minimum Gasteiger partial charge on any atom is -0.507 e. The number of carbonyl (C=O) groups excluding carboxylic acids is 2. The molecule has 0 saturated carbocycles. The summed E-state index contributed by atoms with van der Waals surface area (Å²) < 4.78 is 31.1. The van der Waals surface area contributed by atoms with E-state index >= 15 is 0 Å². The largest absolute Gasteiger partial charge is 0.507 e. The van der Waals surface area contributed by atoms with Gasteiger partial charge in [-0.25, -0.2) is 4.39 Å². The van der Waals surface area contributed by atoms with Gasteiger partial charge in [0, 0.05) is 11.3 Å². The van der Waals surface area contributed by atoms with E-state index in [1.165, 1.54) is 35.9 Å². The zero-order valence-corrected chi connectivity index (χ0v) is 27.3. The molecule has 1 fully saturated rings. The number of hydrogen-bond acceptors (Lipinski definition) is 10. The fourth-order valence-corrected chi connectivity index (χ4v) is 6.77. The zero-order valence-electron chi connectivity index (χ0n) is 25.7. The molecule has 1 saturated heterocycles. The fourth-order valence-electron chi connectivity index (χ4n) is 4.95. The van der Waals surface area contributed by atoms with Crippen LogP contribution in [0.5, 0.6) is 17.2 Å². The van der Waals surface area contributed by atoms with Gasteiger partial charge in [0.15, 0.2) is 15.8 Å². The van der Waals surface area contributed by atoms with Crippen molar-refractivity contribution >= 4 is 45.7 Å². The second-order valence-corrected chi connectivity index (χ2v) is 12.5. The van der Waals surface area contributed by atoms with Crippen molar-refractivity contribution in [3.63, 3.8) is 0 Å². The summed E-state index contributed by atoms with van der Waals surface area (Å²) in [6.45, 7) is 4.86. The zero-order chi connectivity index (χ0) is 32.6. The summed E-state index contributed by atoms with van der Waals surface area (Å²) in [6.07, 6.45) is 2.99. The van der Waals surface area contributed by atoms with Gasteiger partial charge in [0.25, 0.3) is 5.78 Å². The number of anilines is 1. The molecule has 0 bridgehead atoms. The molecule has 4 aromatic rings. The number of aliphatic hydroxyl groups is 1. The molecule has 1 unspecified atom stereocenters. The Hall–Kier alpha value is -4.42. The summed E-state index contributed by atoms with van der Waals surface area (Å²) in [5, 5.41) is 20.2.